The van der Waals surface area contributed by atoms with Gasteiger partial charge in [0.2, 0.25) is 0 Å². The SMILES string of the molecule is CCCc1nnc(SCC(=O)O)n1Cc1ccncc1. The second-order valence-corrected chi connectivity index (χ2v) is 5.22. The first-order valence-corrected chi connectivity index (χ1v) is 7.34. The summed E-state index contributed by atoms with van der Waals surface area (Å²) in [4.78, 5) is 14.7. The summed E-state index contributed by atoms with van der Waals surface area (Å²) in [6.07, 6.45) is 5.27. The van der Waals surface area contributed by atoms with E-state index in [1.165, 1.54) is 11.8 Å². The molecule has 0 saturated heterocycles. The summed E-state index contributed by atoms with van der Waals surface area (Å²) in [5.74, 6) is 0.0170. The van der Waals surface area contributed by atoms with Gasteiger partial charge in [-0.25, -0.2) is 0 Å². The van der Waals surface area contributed by atoms with Crippen LogP contribution in [0.3, 0.4) is 0 Å². The normalized spacial score (nSPS) is 10.7. The van der Waals surface area contributed by atoms with Gasteiger partial charge in [0.25, 0.3) is 0 Å². The van der Waals surface area contributed by atoms with Gasteiger partial charge in [-0.1, -0.05) is 18.7 Å². The molecule has 0 radical (unpaired) electrons. The number of hydrogen-bond acceptors (Lipinski definition) is 5. The van der Waals surface area contributed by atoms with Crippen LogP contribution in [0.25, 0.3) is 0 Å². The molecule has 20 heavy (non-hydrogen) atoms. The highest BCUT2D eigenvalue weighted by atomic mass is 32.2. The summed E-state index contributed by atoms with van der Waals surface area (Å²) in [6.45, 7) is 2.71. The summed E-state index contributed by atoms with van der Waals surface area (Å²) in [5, 5.41) is 17.7. The molecule has 0 spiro atoms. The Bertz CT molecular complexity index is 571. The zero-order valence-electron chi connectivity index (χ0n) is 11.2. The molecule has 0 aliphatic carbocycles. The van der Waals surface area contributed by atoms with Crippen LogP contribution in [0.2, 0.25) is 0 Å². The lowest BCUT2D eigenvalue weighted by molar-refractivity contribution is -0.133. The van der Waals surface area contributed by atoms with Crippen LogP contribution < -0.4 is 0 Å². The first-order valence-electron chi connectivity index (χ1n) is 6.36. The fourth-order valence-corrected chi connectivity index (χ4v) is 2.47. The number of aliphatic carboxylic acids is 1. The Labute approximate surface area is 121 Å². The average molecular weight is 292 g/mol. The molecule has 6 nitrogen and oxygen atoms in total. The number of rotatable bonds is 7. The van der Waals surface area contributed by atoms with E-state index in [0.717, 1.165) is 24.2 Å². The van der Waals surface area contributed by atoms with E-state index in [1.807, 2.05) is 16.7 Å². The molecular formula is C13H16N4O2S. The van der Waals surface area contributed by atoms with Crippen molar-refractivity contribution in [2.45, 2.75) is 31.5 Å². The largest absolute Gasteiger partial charge is 0.481 e. The fourth-order valence-electron chi connectivity index (χ4n) is 1.79. The third-order valence-corrected chi connectivity index (χ3v) is 3.63. The molecular weight excluding hydrogens is 276 g/mol. The molecule has 7 heteroatoms. The Morgan fingerprint density at radius 1 is 1.35 bits per heavy atom. The summed E-state index contributed by atoms with van der Waals surface area (Å²) >= 11 is 1.20. The van der Waals surface area contributed by atoms with Gasteiger partial charge in [0.1, 0.15) is 5.82 Å². The quantitative estimate of drug-likeness (QED) is 0.784. The Morgan fingerprint density at radius 3 is 2.75 bits per heavy atom. The Morgan fingerprint density at radius 2 is 2.10 bits per heavy atom. The summed E-state index contributed by atoms with van der Waals surface area (Å²) in [6, 6.07) is 3.86. The molecule has 0 fully saturated rings. The summed E-state index contributed by atoms with van der Waals surface area (Å²) in [7, 11) is 0. The molecule has 0 bridgehead atoms. The van der Waals surface area contributed by atoms with Crippen molar-refractivity contribution < 1.29 is 9.90 Å². The zero-order valence-corrected chi connectivity index (χ0v) is 12.0. The lowest BCUT2D eigenvalue weighted by Gasteiger charge is -2.09. The van der Waals surface area contributed by atoms with E-state index >= 15 is 0 Å². The van der Waals surface area contributed by atoms with Crippen molar-refractivity contribution in [3.05, 3.63) is 35.9 Å². The molecule has 106 valence electrons. The maximum atomic E-state index is 10.7. The minimum Gasteiger partial charge on any atom is -0.481 e. The van der Waals surface area contributed by atoms with Crippen molar-refractivity contribution in [1.82, 2.24) is 19.7 Å². The smallest absolute Gasteiger partial charge is 0.313 e. The minimum absolute atomic E-state index is 0.0133. The highest BCUT2D eigenvalue weighted by Gasteiger charge is 2.13. The lowest BCUT2D eigenvalue weighted by atomic mass is 10.2. The van der Waals surface area contributed by atoms with Crippen molar-refractivity contribution in [2.75, 3.05) is 5.75 Å². The molecule has 2 aromatic rings. The predicted octanol–water partition coefficient (Wildman–Crippen LogP) is 1.85. The van der Waals surface area contributed by atoms with Gasteiger partial charge in [0.05, 0.1) is 12.3 Å². The third-order valence-electron chi connectivity index (χ3n) is 2.68. The molecule has 0 atom stereocenters. The second kappa shape index (κ2) is 7.04. The van der Waals surface area contributed by atoms with E-state index in [9.17, 15) is 4.79 Å². The molecule has 2 rings (SSSR count). The van der Waals surface area contributed by atoms with Crippen LogP contribution in [0.15, 0.2) is 29.7 Å². The number of carboxylic acids is 1. The van der Waals surface area contributed by atoms with Crippen LogP contribution in [-0.4, -0.2) is 36.6 Å². The van der Waals surface area contributed by atoms with Gasteiger partial charge in [-0.15, -0.1) is 10.2 Å². The summed E-state index contributed by atoms with van der Waals surface area (Å²) < 4.78 is 1.98. The lowest BCUT2D eigenvalue weighted by Crippen LogP contribution is -2.08. The molecule has 0 saturated carbocycles. The van der Waals surface area contributed by atoms with Crippen LogP contribution in [0, 0.1) is 0 Å². The first-order chi connectivity index (χ1) is 9.70. The summed E-state index contributed by atoms with van der Waals surface area (Å²) in [5.41, 5.74) is 1.09. The molecule has 2 aromatic heterocycles. The maximum absolute atomic E-state index is 10.7. The Hall–Kier alpha value is -1.89. The minimum atomic E-state index is -0.856. The van der Waals surface area contributed by atoms with Gasteiger partial charge in [-0.05, 0) is 24.1 Å². The topological polar surface area (TPSA) is 80.9 Å². The highest BCUT2D eigenvalue weighted by molar-refractivity contribution is 7.99. The van der Waals surface area contributed by atoms with Crippen LogP contribution in [0.4, 0.5) is 0 Å². The molecule has 0 unspecified atom stereocenters. The fraction of sp³-hybridized carbons (Fsp3) is 0.385. The van der Waals surface area contributed by atoms with E-state index in [-0.39, 0.29) is 5.75 Å². The van der Waals surface area contributed by atoms with Crippen molar-refractivity contribution in [3.63, 3.8) is 0 Å². The molecule has 1 N–H and O–H groups in total. The second-order valence-electron chi connectivity index (χ2n) is 4.27. The van der Waals surface area contributed by atoms with Crippen molar-refractivity contribution >= 4 is 17.7 Å². The van der Waals surface area contributed by atoms with E-state index < -0.39 is 5.97 Å². The number of thioether (sulfide) groups is 1. The molecule has 0 amide bonds. The van der Waals surface area contributed by atoms with E-state index in [1.54, 1.807) is 12.4 Å². The van der Waals surface area contributed by atoms with Gasteiger partial charge in [-0.3, -0.25) is 9.78 Å². The van der Waals surface area contributed by atoms with E-state index in [2.05, 4.69) is 22.1 Å². The number of carbonyl (C=O) groups is 1. The zero-order chi connectivity index (χ0) is 14.4. The van der Waals surface area contributed by atoms with Crippen LogP contribution >= 0.6 is 11.8 Å². The number of hydrogen-bond donors (Lipinski definition) is 1. The predicted molar refractivity (Wildman–Crippen MR) is 75.7 cm³/mol. The molecule has 0 aromatic carbocycles. The van der Waals surface area contributed by atoms with Crippen molar-refractivity contribution in [1.29, 1.82) is 0 Å². The van der Waals surface area contributed by atoms with Gasteiger partial charge in [0.15, 0.2) is 5.16 Å². The monoisotopic (exact) mass is 292 g/mol. The Balaban J connectivity index is 2.22. The van der Waals surface area contributed by atoms with Crippen LogP contribution in [0.1, 0.15) is 24.7 Å². The molecule has 2 heterocycles. The molecule has 0 aliphatic heterocycles. The van der Waals surface area contributed by atoms with Crippen molar-refractivity contribution in [2.24, 2.45) is 0 Å². The van der Waals surface area contributed by atoms with Gasteiger partial charge in [-0.2, -0.15) is 0 Å². The van der Waals surface area contributed by atoms with Gasteiger partial charge >= 0.3 is 5.97 Å². The number of aryl methyl sites for hydroxylation is 1. The van der Waals surface area contributed by atoms with Crippen LogP contribution in [0.5, 0.6) is 0 Å². The van der Waals surface area contributed by atoms with Crippen LogP contribution in [-0.2, 0) is 17.8 Å². The average Bonchev–Trinajstić information content (AvgIpc) is 2.81. The Kier molecular flexibility index (Phi) is 5.11. The number of pyridine rings is 1. The number of nitrogens with zero attached hydrogens (tertiary/aromatic N) is 4. The van der Waals surface area contributed by atoms with E-state index in [4.69, 9.17) is 5.11 Å². The first kappa shape index (κ1) is 14.5. The van der Waals surface area contributed by atoms with E-state index in [0.29, 0.717) is 11.7 Å². The maximum Gasteiger partial charge on any atom is 0.313 e. The highest BCUT2D eigenvalue weighted by Crippen LogP contribution is 2.19. The van der Waals surface area contributed by atoms with Gasteiger partial charge < -0.3 is 9.67 Å². The number of aromatic nitrogens is 4. The third kappa shape index (κ3) is 3.80. The van der Waals surface area contributed by atoms with Crippen molar-refractivity contribution in [3.8, 4) is 0 Å². The standard InChI is InChI=1S/C13H16N4O2S/c1-2-3-11-15-16-13(20-9-12(18)19)17(11)8-10-4-6-14-7-5-10/h4-7H,2-3,8-9H2,1H3,(H,18,19). The van der Waals surface area contributed by atoms with Gasteiger partial charge in [0, 0.05) is 18.8 Å². The molecule has 0 aliphatic rings. The number of carboxylic acid groups (broad SMARTS) is 1.